The second-order valence-corrected chi connectivity index (χ2v) is 2.77. The van der Waals surface area contributed by atoms with Crippen molar-refractivity contribution in [2.45, 2.75) is 13.5 Å². The fraction of sp³-hybridized carbons (Fsp3) is 0.333. The first-order valence-electron chi connectivity index (χ1n) is 4.00. The van der Waals surface area contributed by atoms with Crippen LogP contribution in [0.25, 0.3) is 0 Å². The second-order valence-electron chi connectivity index (χ2n) is 2.77. The van der Waals surface area contributed by atoms with Crippen LogP contribution in [0.2, 0.25) is 0 Å². The maximum absolute atomic E-state index is 8.06. The molecule has 3 nitrogen and oxygen atoms in total. The Bertz CT molecular complexity index is 291. The van der Waals surface area contributed by atoms with Gasteiger partial charge in [0.15, 0.2) is 0 Å². The average molecular weight is 197 g/mol. The highest BCUT2D eigenvalue weighted by Gasteiger charge is 2.09. The molecule has 70 valence electrons. The first-order valence-corrected chi connectivity index (χ1v) is 4.41. The Kier molecular flexibility index (Phi) is 3.87. The van der Waals surface area contributed by atoms with Crippen molar-refractivity contribution in [1.29, 1.82) is 0 Å². The van der Waals surface area contributed by atoms with Crippen molar-refractivity contribution < 1.29 is 9.30 Å². The molecule has 1 heterocycles. The van der Waals surface area contributed by atoms with Crippen LogP contribution in [0.3, 0.4) is 0 Å². The van der Waals surface area contributed by atoms with Crippen LogP contribution in [0.15, 0.2) is 18.2 Å². The highest BCUT2D eigenvalue weighted by atomic mass is 31.0. The first-order chi connectivity index (χ1) is 6.38. The van der Waals surface area contributed by atoms with E-state index in [2.05, 4.69) is 18.3 Å². The molecule has 4 heteroatoms. The van der Waals surface area contributed by atoms with Gasteiger partial charge in [0.2, 0.25) is 0 Å². The molecule has 1 aliphatic heterocycles. The number of rotatable bonds is 0. The molecule has 1 aromatic rings. The van der Waals surface area contributed by atoms with E-state index in [0.717, 1.165) is 12.3 Å². The smallest absolute Gasteiger partial charge is 0.139 e. The molecule has 1 aromatic carbocycles. The third-order valence-electron chi connectivity index (χ3n) is 2.00. The van der Waals surface area contributed by atoms with Crippen molar-refractivity contribution in [3.8, 4) is 5.75 Å². The molecule has 13 heavy (non-hydrogen) atoms. The number of fused-ring (bicyclic) bond motifs is 1. The zero-order valence-electron chi connectivity index (χ0n) is 7.46. The molecular formula is C9H12NO2P. The molecule has 0 aliphatic carbocycles. The summed E-state index contributed by atoms with van der Waals surface area (Å²) in [5, 5.41) is 3.16. The molecule has 0 fully saturated rings. The van der Waals surface area contributed by atoms with E-state index in [1.54, 1.807) is 9.12 Å². The normalized spacial score (nSPS) is 13.3. The van der Waals surface area contributed by atoms with Gasteiger partial charge in [-0.3, -0.25) is 9.88 Å². The van der Waals surface area contributed by atoms with Crippen LogP contribution < -0.4 is 10.1 Å². The van der Waals surface area contributed by atoms with Gasteiger partial charge in [-0.15, -0.1) is 0 Å². The van der Waals surface area contributed by atoms with Crippen molar-refractivity contribution in [2.75, 3.05) is 6.73 Å². The maximum atomic E-state index is 8.06. The summed E-state index contributed by atoms with van der Waals surface area (Å²) in [5.41, 5.74) is 2.59. The molecule has 0 bridgehead atoms. The van der Waals surface area contributed by atoms with Crippen LogP contribution in [0.1, 0.15) is 11.1 Å². The molecule has 1 aliphatic rings. The van der Waals surface area contributed by atoms with Gasteiger partial charge in [0.05, 0.1) is 0 Å². The topological polar surface area (TPSA) is 38.3 Å². The van der Waals surface area contributed by atoms with Gasteiger partial charge >= 0.3 is 0 Å². The van der Waals surface area contributed by atoms with Gasteiger partial charge in [0.25, 0.3) is 0 Å². The number of nitrogens with one attached hydrogen (secondary N) is 1. The van der Waals surface area contributed by atoms with Crippen molar-refractivity contribution in [3.05, 3.63) is 29.3 Å². The van der Waals surface area contributed by atoms with E-state index in [-0.39, 0.29) is 0 Å². The molecule has 0 radical (unpaired) electrons. The van der Waals surface area contributed by atoms with Gasteiger partial charge in [-0.2, -0.15) is 0 Å². The van der Waals surface area contributed by atoms with Crippen molar-refractivity contribution in [3.63, 3.8) is 0 Å². The predicted molar refractivity (Wildman–Crippen MR) is 52.5 cm³/mol. The van der Waals surface area contributed by atoms with Crippen molar-refractivity contribution >= 4 is 9.12 Å². The molecule has 0 saturated carbocycles. The molecule has 0 amide bonds. The Labute approximate surface area is 79.7 Å². The van der Waals surface area contributed by atoms with Gasteiger partial charge in [0.1, 0.15) is 21.6 Å². The van der Waals surface area contributed by atoms with E-state index in [9.17, 15) is 0 Å². The number of ether oxygens (including phenoxy) is 1. The third kappa shape index (κ3) is 2.27. The van der Waals surface area contributed by atoms with Gasteiger partial charge in [-0.25, -0.2) is 0 Å². The lowest BCUT2D eigenvalue weighted by molar-refractivity contribution is 0.256. The summed E-state index contributed by atoms with van der Waals surface area (Å²) in [5.74, 6) is 1.03. The lowest BCUT2D eigenvalue weighted by Crippen LogP contribution is -2.25. The monoisotopic (exact) mass is 197 g/mol. The van der Waals surface area contributed by atoms with Crippen LogP contribution in [0.4, 0.5) is 0 Å². The molecule has 2 rings (SSSR count). The minimum absolute atomic E-state index is 0.635. The van der Waals surface area contributed by atoms with Crippen LogP contribution in [-0.2, 0) is 11.1 Å². The maximum Gasteiger partial charge on any atom is 0.139 e. The first kappa shape index (κ1) is 10.2. The van der Waals surface area contributed by atoms with E-state index in [1.165, 1.54) is 11.1 Å². The zero-order chi connectivity index (χ0) is 9.68. The van der Waals surface area contributed by atoms with E-state index >= 15 is 0 Å². The third-order valence-corrected chi connectivity index (χ3v) is 2.00. The number of aryl methyl sites for hydroxylation is 1. The fourth-order valence-corrected chi connectivity index (χ4v) is 1.34. The Hall–Kier alpha value is -0.920. The quantitative estimate of drug-likeness (QED) is 0.645. The van der Waals surface area contributed by atoms with Gasteiger partial charge in [-0.1, -0.05) is 12.1 Å². The number of hydrogen-bond donors (Lipinski definition) is 1. The average Bonchev–Trinajstić information content (AvgIpc) is 2.22. The van der Waals surface area contributed by atoms with Crippen LogP contribution in [0, 0.1) is 6.92 Å². The molecule has 0 saturated heterocycles. The number of benzene rings is 1. The largest absolute Gasteiger partial charge is 0.478 e. The Morgan fingerprint density at radius 1 is 1.46 bits per heavy atom. The standard InChI is InChI=1S/C9H11NO.HOP/c1-7-3-2-4-9-8(7)5-10-6-11-9;1-2/h2-4,10H,5-6H2,1H3;2H. The SMILES string of the molecule is Cc1cccc2c1CNCO2.O=P. The van der Waals surface area contributed by atoms with Crippen LogP contribution >= 0.6 is 9.12 Å². The zero-order valence-corrected chi connectivity index (χ0v) is 8.46. The van der Waals surface area contributed by atoms with Gasteiger partial charge < -0.3 is 4.74 Å². The summed E-state index contributed by atoms with van der Waals surface area (Å²) in [6.07, 6.45) is 0. The Morgan fingerprint density at radius 2 is 2.23 bits per heavy atom. The molecule has 1 N–H and O–H groups in total. The van der Waals surface area contributed by atoms with E-state index in [0.29, 0.717) is 6.73 Å². The fourth-order valence-electron chi connectivity index (χ4n) is 1.34. The minimum Gasteiger partial charge on any atom is -0.478 e. The van der Waals surface area contributed by atoms with E-state index in [4.69, 9.17) is 9.30 Å². The summed E-state index contributed by atoms with van der Waals surface area (Å²) in [4.78, 5) is 0. The highest BCUT2D eigenvalue weighted by molar-refractivity contribution is 7.00. The summed E-state index contributed by atoms with van der Waals surface area (Å²) in [7, 11) is 1.72. The number of hydrogen-bond acceptors (Lipinski definition) is 3. The lowest BCUT2D eigenvalue weighted by atomic mass is 10.1. The van der Waals surface area contributed by atoms with Gasteiger partial charge in [0, 0.05) is 12.1 Å². The van der Waals surface area contributed by atoms with E-state index < -0.39 is 0 Å². The van der Waals surface area contributed by atoms with Crippen molar-refractivity contribution in [2.24, 2.45) is 0 Å². The van der Waals surface area contributed by atoms with Gasteiger partial charge in [-0.05, 0) is 18.6 Å². The molecule has 0 aromatic heterocycles. The van der Waals surface area contributed by atoms with E-state index in [1.807, 2.05) is 12.1 Å². The summed E-state index contributed by atoms with van der Waals surface area (Å²) in [6, 6.07) is 6.15. The van der Waals surface area contributed by atoms with Crippen LogP contribution in [-0.4, -0.2) is 6.73 Å². The lowest BCUT2D eigenvalue weighted by Gasteiger charge is -2.19. The summed E-state index contributed by atoms with van der Waals surface area (Å²) >= 11 is 0. The van der Waals surface area contributed by atoms with Crippen molar-refractivity contribution in [1.82, 2.24) is 5.32 Å². The molecule has 0 atom stereocenters. The van der Waals surface area contributed by atoms with Crippen LogP contribution in [0.5, 0.6) is 5.75 Å². The molecular weight excluding hydrogens is 185 g/mol. The molecule has 0 unspecified atom stereocenters. The summed E-state index contributed by atoms with van der Waals surface area (Å²) < 4.78 is 13.4. The second kappa shape index (κ2) is 4.95. The predicted octanol–water partition coefficient (Wildman–Crippen LogP) is 1.91. The summed E-state index contributed by atoms with van der Waals surface area (Å²) in [6.45, 7) is 3.67. The minimum atomic E-state index is 0.635. The molecule has 0 spiro atoms. The highest BCUT2D eigenvalue weighted by Crippen LogP contribution is 2.23. The Morgan fingerprint density at radius 3 is 2.92 bits per heavy atom. The Balaban J connectivity index is 0.000000396.